The van der Waals surface area contributed by atoms with E-state index < -0.39 is 0 Å². The molecule has 1 aliphatic heterocycles. The number of aromatic nitrogens is 1. The molecule has 0 saturated carbocycles. The fourth-order valence-electron chi connectivity index (χ4n) is 5.57. The Labute approximate surface area is 217 Å². The van der Waals surface area contributed by atoms with Gasteiger partial charge >= 0.3 is 6.03 Å². The first kappa shape index (κ1) is 22.9. The molecule has 2 aromatic carbocycles. The number of nitrogens with zero attached hydrogens (tertiary/aromatic N) is 3. The van der Waals surface area contributed by atoms with Gasteiger partial charge in [-0.2, -0.15) is 0 Å². The number of thiophene rings is 1. The molecule has 3 heterocycles. The van der Waals surface area contributed by atoms with Crippen molar-refractivity contribution >= 4 is 23.1 Å². The lowest BCUT2D eigenvalue weighted by Gasteiger charge is -2.31. The van der Waals surface area contributed by atoms with Gasteiger partial charge < -0.3 is 19.7 Å². The maximum Gasteiger partial charge on any atom is 0.318 e. The molecule has 6 rings (SSSR count). The van der Waals surface area contributed by atoms with E-state index >= 15 is 0 Å². The Morgan fingerprint density at radius 2 is 1.75 bits per heavy atom. The number of hydrogen-bond acceptors (Lipinski definition) is 3. The maximum absolute atomic E-state index is 13.9. The molecule has 0 saturated heterocycles. The number of urea groups is 1. The van der Waals surface area contributed by atoms with Gasteiger partial charge in [-0.25, -0.2) is 4.79 Å². The fraction of sp³-hybridized carbons (Fsp3) is 0.300. The summed E-state index contributed by atoms with van der Waals surface area (Å²) >= 11 is 1.92. The molecule has 5 nitrogen and oxygen atoms in total. The third-order valence-corrected chi connectivity index (χ3v) is 8.78. The van der Waals surface area contributed by atoms with E-state index in [-0.39, 0.29) is 12.1 Å². The molecule has 1 aliphatic carbocycles. The Kier molecular flexibility index (Phi) is 6.05. The molecule has 2 aliphatic rings. The third kappa shape index (κ3) is 4.09. The largest absolute Gasteiger partial charge is 0.378 e. The molecule has 6 heteroatoms. The van der Waals surface area contributed by atoms with Crippen molar-refractivity contribution in [3.05, 3.63) is 106 Å². The van der Waals surface area contributed by atoms with Crippen LogP contribution in [-0.2, 0) is 25.9 Å². The van der Waals surface area contributed by atoms with Crippen molar-refractivity contribution in [1.82, 2.24) is 14.8 Å². The standard InChI is InChI=1S/C30H32N4OS/c1-32(2)23-16-14-22(15-17-23)28-26-12-8-18-33(26)29-25(24-11-6-7-13-27(24)36-29)20-34(28)30(35)31-19-21-9-4-3-5-10-21/h3-5,8-10,12,14-18,28H,6-7,11,13,19-20H2,1-2H3,(H,31,35). The maximum atomic E-state index is 13.9. The van der Waals surface area contributed by atoms with Crippen LogP contribution in [0.2, 0.25) is 0 Å². The third-order valence-electron chi connectivity index (χ3n) is 7.45. The van der Waals surface area contributed by atoms with Crippen molar-refractivity contribution in [3.63, 3.8) is 0 Å². The van der Waals surface area contributed by atoms with Crippen molar-refractivity contribution in [2.24, 2.45) is 0 Å². The van der Waals surface area contributed by atoms with E-state index in [9.17, 15) is 4.79 Å². The monoisotopic (exact) mass is 496 g/mol. The highest BCUT2D eigenvalue weighted by atomic mass is 32.1. The Morgan fingerprint density at radius 1 is 0.972 bits per heavy atom. The summed E-state index contributed by atoms with van der Waals surface area (Å²) in [4.78, 5) is 19.6. The van der Waals surface area contributed by atoms with Crippen molar-refractivity contribution in [2.45, 2.75) is 44.8 Å². The summed E-state index contributed by atoms with van der Waals surface area (Å²) in [7, 11) is 4.10. The normalized spacial score (nSPS) is 16.5. The van der Waals surface area contributed by atoms with Crippen molar-refractivity contribution in [3.8, 4) is 5.00 Å². The minimum absolute atomic E-state index is 0.0306. The zero-order valence-electron chi connectivity index (χ0n) is 20.9. The van der Waals surface area contributed by atoms with Gasteiger partial charge in [0.15, 0.2) is 0 Å². The number of aryl methyl sites for hydroxylation is 1. The highest BCUT2D eigenvalue weighted by molar-refractivity contribution is 7.15. The second-order valence-corrected chi connectivity index (χ2v) is 11.0. The van der Waals surface area contributed by atoms with E-state index in [4.69, 9.17) is 0 Å². The van der Waals surface area contributed by atoms with E-state index in [2.05, 4.69) is 83.6 Å². The van der Waals surface area contributed by atoms with Gasteiger partial charge in [-0.05, 0) is 66.6 Å². The summed E-state index contributed by atoms with van der Waals surface area (Å²) in [6.07, 6.45) is 6.92. The molecular formula is C30H32N4OS. The van der Waals surface area contributed by atoms with E-state index in [1.54, 1.807) is 0 Å². The fourth-order valence-corrected chi connectivity index (χ4v) is 6.97. The van der Waals surface area contributed by atoms with Crippen LogP contribution in [-0.4, -0.2) is 29.6 Å². The lowest BCUT2D eigenvalue weighted by Crippen LogP contribution is -2.41. The smallest absolute Gasteiger partial charge is 0.318 e. The van der Waals surface area contributed by atoms with Crippen LogP contribution in [0.1, 0.15) is 51.7 Å². The first-order valence-corrected chi connectivity index (χ1v) is 13.6. The van der Waals surface area contributed by atoms with Gasteiger partial charge in [0.1, 0.15) is 5.00 Å². The summed E-state index contributed by atoms with van der Waals surface area (Å²) in [5, 5.41) is 4.51. The zero-order valence-corrected chi connectivity index (χ0v) is 21.7. The first-order valence-electron chi connectivity index (χ1n) is 12.8. The van der Waals surface area contributed by atoms with Crippen LogP contribution in [0, 0.1) is 0 Å². The number of rotatable bonds is 4. The lowest BCUT2D eigenvalue weighted by atomic mass is 9.95. The molecule has 1 unspecified atom stereocenters. The number of carbonyl (C=O) groups is 1. The number of amides is 2. The Bertz CT molecular complexity index is 1370. The molecule has 2 amide bonds. The summed E-state index contributed by atoms with van der Waals surface area (Å²) in [6, 6.07) is 22.9. The molecule has 0 bridgehead atoms. The molecule has 1 atom stereocenters. The number of hydrogen-bond donors (Lipinski definition) is 1. The second-order valence-electron chi connectivity index (χ2n) is 9.96. The molecule has 1 N–H and O–H groups in total. The highest BCUT2D eigenvalue weighted by Gasteiger charge is 2.36. The second kappa shape index (κ2) is 9.51. The van der Waals surface area contributed by atoms with Crippen LogP contribution < -0.4 is 10.2 Å². The number of fused-ring (bicyclic) bond motifs is 5. The van der Waals surface area contributed by atoms with Crippen molar-refractivity contribution in [2.75, 3.05) is 19.0 Å². The van der Waals surface area contributed by atoms with Crippen LogP contribution in [0.3, 0.4) is 0 Å². The van der Waals surface area contributed by atoms with Gasteiger partial charge in [-0.15, -0.1) is 11.3 Å². The van der Waals surface area contributed by atoms with Crippen molar-refractivity contribution in [1.29, 1.82) is 0 Å². The van der Waals surface area contributed by atoms with E-state index in [1.165, 1.54) is 33.8 Å². The summed E-state index contributed by atoms with van der Waals surface area (Å²) in [5.74, 6) is 0. The molecular weight excluding hydrogens is 464 g/mol. The average molecular weight is 497 g/mol. The molecule has 36 heavy (non-hydrogen) atoms. The predicted octanol–water partition coefficient (Wildman–Crippen LogP) is 6.30. The Morgan fingerprint density at radius 3 is 2.53 bits per heavy atom. The van der Waals surface area contributed by atoms with Gasteiger partial charge in [0.05, 0.1) is 18.3 Å². The van der Waals surface area contributed by atoms with Crippen LogP contribution in [0.15, 0.2) is 72.9 Å². The van der Waals surface area contributed by atoms with E-state index in [0.29, 0.717) is 13.1 Å². The highest BCUT2D eigenvalue weighted by Crippen LogP contribution is 2.44. The number of anilines is 1. The van der Waals surface area contributed by atoms with Crippen molar-refractivity contribution < 1.29 is 4.79 Å². The molecule has 0 spiro atoms. The van der Waals surface area contributed by atoms with Crippen LogP contribution >= 0.6 is 11.3 Å². The van der Waals surface area contributed by atoms with Gasteiger partial charge in [0, 0.05) is 43.0 Å². The minimum atomic E-state index is -0.175. The van der Waals surface area contributed by atoms with Gasteiger partial charge in [-0.3, -0.25) is 0 Å². The van der Waals surface area contributed by atoms with Crippen LogP contribution in [0.25, 0.3) is 5.00 Å². The van der Waals surface area contributed by atoms with Gasteiger partial charge in [0.2, 0.25) is 0 Å². The van der Waals surface area contributed by atoms with E-state index in [1.807, 2.05) is 34.4 Å². The minimum Gasteiger partial charge on any atom is -0.378 e. The lowest BCUT2D eigenvalue weighted by molar-refractivity contribution is 0.180. The summed E-state index contributed by atoms with van der Waals surface area (Å²) < 4.78 is 2.34. The summed E-state index contributed by atoms with van der Waals surface area (Å²) in [5.41, 5.74) is 7.32. The number of carbonyl (C=O) groups excluding carboxylic acids is 1. The molecule has 0 radical (unpaired) electrons. The number of nitrogens with one attached hydrogen (secondary N) is 1. The molecule has 4 aromatic rings. The van der Waals surface area contributed by atoms with Crippen LogP contribution in [0.5, 0.6) is 0 Å². The van der Waals surface area contributed by atoms with Gasteiger partial charge in [0.25, 0.3) is 0 Å². The molecule has 2 aromatic heterocycles. The predicted molar refractivity (Wildman–Crippen MR) is 147 cm³/mol. The average Bonchev–Trinajstić information content (AvgIpc) is 3.50. The number of benzene rings is 2. The van der Waals surface area contributed by atoms with Crippen LogP contribution in [0.4, 0.5) is 10.5 Å². The molecule has 184 valence electrons. The SMILES string of the molecule is CN(C)c1ccc(C2c3cccn3-c3sc4c(c3CN2C(=O)NCc2ccccc2)CCCC4)cc1. The Balaban J connectivity index is 1.44. The topological polar surface area (TPSA) is 40.5 Å². The van der Waals surface area contributed by atoms with Gasteiger partial charge in [-0.1, -0.05) is 42.5 Å². The quantitative estimate of drug-likeness (QED) is 0.360. The van der Waals surface area contributed by atoms with E-state index in [0.717, 1.165) is 35.3 Å². The Hall–Kier alpha value is -3.51. The first-order chi connectivity index (χ1) is 17.6. The zero-order chi connectivity index (χ0) is 24.6. The summed E-state index contributed by atoms with van der Waals surface area (Å²) in [6.45, 7) is 1.13. The molecule has 0 fully saturated rings.